The largest absolute Gasteiger partial charge is 0.373 e. The van der Waals surface area contributed by atoms with Crippen molar-refractivity contribution >= 4 is 22.5 Å². The molecule has 1 N–H and O–H groups in total. The average Bonchev–Trinajstić information content (AvgIpc) is 2.85. The first-order valence-corrected chi connectivity index (χ1v) is 12.7. The van der Waals surface area contributed by atoms with Crippen molar-refractivity contribution in [2.24, 2.45) is 0 Å². The molecule has 1 aliphatic rings. The van der Waals surface area contributed by atoms with Crippen LogP contribution < -0.4 is 5.32 Å². The molecular formula is C31H33N3O2. The Kier molecular flexibility index (Phi) is 7.12. The molecule has 2 heterocycles. The average molecular weight is 480 g/mol. The number of carbonyl (C=O) groups is 1. The van der Waals surface area contributed by atoms with Gasteiger partial charge < -0.3 is 10.1 Å². The highest BCUT2D eigenvalue weighted by Gasteiger charge is 2.23. The van der Waals surface area contributed by atoms with E-state index in [1.807, 2.05) is 61.5 Å². The number of aromatic nitrogens is 1. The molecular weight excluding hydrogens is 446 g/mol. The van der Waals surface area contributed by atoms with Crippen LogP contribution in [-0.2, 0) is 22.5 Å². The summed E-state index contributed by atoms with van der Waals surface area (Å²) in [6, 6.07) is 26.5. The van der Waals surface area contributed by atoms with E-state index in [9.17, 15) is 4.79 Å². The van der Waals surface area contributed by atoms with Crippen molar-refractivity contribution in [3.63, 3.8) is 0 Å². The normalized spacial score (nSPS) is 18.3. The number of rotatable bonds is 6. The van der Waals surface area contributed by atoms with Gasteiger partial charge in [0.25, 0.3) is 0 Å². The first kappa shape index (κ1) is 24.2. The predicted octanol–water partition coefficient (Wildman–Crippen LogP) is 6.00. The van der Waals surface area contributed by atoms with Crippen molar-refractivity contribution in [3.05, 3.63) is 95.7 Å². The molecule has 1 aromatic heterocycles. The summed E-state index contributed by atoms with van der Waals surface area (Å²) in [5, 5.41) is 4.26. The van der Waals surface area contributed by atoms with E-state index in [2.05, 4.69) is 48.3 Å². The van der Waals surface area contributed by atoms with Gasteiger partial charge in [0.1, 0.15) is 0 Å². The SMILES string of the molecule is Cc1nc2ccccc2c(-c2ccccc2)c1CC(=O)Nc1ccccc1CN1CC(C)OC(C)C1. The smallest absolute Gasteiger partial charge is 0.228 e. The zero-order valence-corrected chi connectivity index (χ0v) is 21.2. The Morgan fingerprint density at radius 2 is 1.61 bits per heavy atom. The summed E-state index contributed by atoms with van der Waals surface area (Å²) in [6.07, 6.45) is 0.666. The monoisotopic (exact) mass is 479 g/mol. The molecule has 3 aromatic carbocycles. The second kappa shape index (κ2) is 10.6. The summed E-state index contributed by atoms with van der Waals surface area (Å²) < 4.78 is 5.89. The number of morpholine rings is 1. The van der Waals surface area contributed by atoms with Crippen molar-refractivity contribution in [1.82, 2.24) is 9.88 Å². The van der Waals surface area contributed by atoms with Crippen molar-refractivity contribution < 1.29 is 9.53 Å². The maximum Gasteiger partial charge on any atom is 0.228 e. The van der Waals surface area contributed by atoms with E-state index in [1.165, 1.54) is 0 Å². The quantitative estimate of drug-likeness (QED) is 0.368. The first-order chi connectivity index (χ1) is 17.5. The Bertz CT molecular complexity index is 1360. The Morgan fingerprint density at radius 3 is 2.39 bits per heavy atom. The van der Waals surface area contributed by atoms with Crippen LogP contribution in [0, 0.1) is 6.92 Å². The number of para-hydroxylation sites is 2. The summed E-state index contributed by atoms with van der Waals surface area (Å²) in [5.41, 5.74) is 6.94. The minimum absolute atomic E-state index is 0.0384. The zero-order chi connectivity index (χ0) is 25.1. The molecule has 1 amide bonds. The van der Waals surface area contributed by atoms with Crippen LogP contribution in [0.2, 0.25) is 0 Å². The third-order valence-corrected chi connectivity index (χ3v) is 6.78. The van der Waals surface area contributed by atoms with Gasteiger partial charge in [0.2, 0.25) is 5.91 Å². The second-order valence-electron chi connectivity index (χ2n) is 9.77. The molecule has 0 aliphatic carbocycles. The van der Waals surface area contributed by atoms with E-state index in [0.717, 1.165) is 64.2 Å². The molecule has 36 heavy (non-hydrogen) atoms. The summed E-state index contributed by atoms with van der Waals surface area (Å²) in [6.45, 7) is 8.77. The van der Waals surface area contributed by atoms with E-state index < -0.39 is 0 Å². The highest BCUT2D eigenvalue weighted by molar-refractivity contribution is 6.00. The highest BCUT2D eigenvalue weighted by Crippen LogP contribution is 2.33. The fraction of sp³-hybridized carbons (Fsp3) is 0.290. The number of nitrogens with zero attached hydrogens (tertiary/aromatic N) is 2. The fourth-order valence-electron chi connectivity index (χ4n) is 5.31. The Hall–Kier alpha value is -3.54. The first-order valence-electron chi connectivity index (χ1n) is 12.7. The van der Waals surface area contributed by atoms with Crippen molar-refractivity contribution in [1.29, 1.82) is 0 Å². The third kappa shape index (κ3) is 5.32. The van der Waals surface area contributed by atoms with Crippen molar-refractivity contribution in [3.8, 4) is 11.1 Å². The molecule has 0 spiro atoms. The number of nitrogens with one attached hydrogen (secondary N) is 1. The number of aryl methyl sites for hydroxylation is 1. The molecule has 5 nitrogen and oxygen atoms in total. The van der Waals surface area contributed by atoms with Gasteiger partial charge in [0.05, 0.1) is 24.1 Å². The number of pyridine rings is 1. The minimum atomic E-state index is -0.0384. The topological polar surface area (TPSA) is 54.5 Å². The van der Waals surface area contributed by atoms with Gasteiger partial charge in [-0.15, -0.1) is 0 Å². The number of ether oxygens (including phenoxy) is 1. The Morgan fingerprint density at radius 1 is 0.944 bits per heavy atom. The molecule has 0 saturated carbocycles. The van der Waals surface area contributed by atoms with Crippen molar-refractivity contribution in [2.75, 3.05) is 18.4 Å². The molecule has 5 heteroatoms. The molecule has 1 fully saturated rings. The summed E-state index contributed by atoms with van der Waals surface area (Å²) in [5.74, 6) is -0.0384. The van der Waals surface area contributed by atoms with E-state index in [0.29, 0.717) is 0 Å². The van der Waals surface area contributed by atoms with E-state index in [-0.39, 0.29) is 24.5 Å². The lowest BCUT2D eigenvalue weighted by atomic mass is 9.92. The number of benzene rings is 3. The number of hydrogen-bond donors (Lipinski definition) is 1. The number of amides is 1. The molecule has 0 bridgehead atoms. The van der Waals surface area contributed by atoms with Crippen LogP contribution in [0.15, 0.2) is 78.9 Å². The molecule has 1 saturated heterocycles. The Balaban J connectivity index is 1.42. The lowest BCUT2D eigenvalue weighted by Gasteiger charge is -2.35. The standard InChI is InChI=1S/C31H33N3O2/c1-21-18-34(19-22(2)36-21)20-25-13-7-9-15-28(25)33-30(35)17-27-23(3)32-29-16-10-8-14-26(29)31(27)24-11-5-4-6-12-24/h4-16,21-22H,17-20H2,1-3H3,(H,33,35). The number of carbonyl (C=O) groups excluding carboxylic acids is 1. The molecule has 5 rings (SSSR count). The second-order valence-corrected chi connectivity index (χ2v) is 9.77. The lowest BCUT2D eigenvalue weighted by molar-refractivity contribution is -0.115. The molecule has 4 aromatic rings. The predicted molar refractivity (Wildman–Crippen MR) is 146 cm³/mol. The zero-order valence-electron chi connectivity index (χ0n) is 21.2. The van der Waals surface area contributed by atoms with Gasteiger partial charge >= 0.3 is 0 Å². The van der Waals surface area contributed by atoms with Gasteiger partial charge in [-0.3, -0.25) is 14.7 Å². The number of anilines is 1. The maximum atomic E-state index is 13.4. The van der Waals surface area contributed by atoms with Gasteiger partial charge in [-0.1, -0.05) is 66.7 Å². The van der Waals surface area contributed by atoms with Crippen LogP contribution >= 0.6 is 0 Å². The molecule has 1 aliphatic heterocycles. The number of fused-ring (bicyclic) bond motifs is 1. The van der Waals surface area contributed by atoms with E-state index in [1.54, 1.807) is 0 Å². The Labute approximate surface area is 213 Å². The highest BCUT2D eigenvalue weighted by atomic mass is 16.5. The van der Waals surface area contributed by atoms with E-state index >= 15 is 0 Å². The fourth-order valence-corrected chi connectivity index (χ4v) is 5.31. The summed E-state index contributed by atoms with van der Waals surface area (Å²) in [4.78, 5) is 20.7. The van der Waals surface area contributed by atoms with Gasteiger partial charge in [0.15, 0.2) is 0 Å². The maximum absolute atomic E-state index is 13.4. The lowest BCUT2D eigenvalue weighted by Crippen LogP contribution is -2.44. The van der Waals surface area contributed by atoms with E-state index in [4.69, 9.17) is 9.72 Å². The van der Waals surface area contributed by atoms with Crippen LogP contribution in [0.5, 0.6) is 0 Å². The molecule has 0 radical (unpaired) electrons. The van der Waals surface area contributed by atoms with Crippen LogP contribution in [0.4, 0.5) is 5.69 Å². The summed E-state index contributed by atoms with van der Waals surface area (Å²) in [7, 11) is 0. The number of hydrogen-bond acceptors (Lipinski definition) is 4. The molecule has 2 atom stereocenters. The van der Waals surface area contributed by atoms with Crippen LogP contribution in [0.1, 0.15) is 30.7 Å². The minimum Gasteiger partial charge on any atom is -0.373 e. The van der Waals surface area contributed by atoms with Crippen LogP contribution in [0.25, 0.3) is 22.0 Å². The van der Waals surface area contributed by atoms with Crippen molar-refractivity contribution in [2.45, 2.75) is 45.9 Å². The summed E-state index contributed by atoms with van der Waals surface area (Å²) >= 11 is 0. The van der Waals surface area contributed by atoms with Gasteiger partial charge in [-0.05, 0) is 55.2 Å². The molecule has 2 unspecified atom stereocenters. The van der Waals surface area contributed by atoms with Gasteiger partial charge in [-0.2, -0.15) is 0 Å². The van der Waals surface area contributed by atoms with Crippen LogP contribution in [0.3, 0.4) is 0 Å². The van der Waals surface area contributed by atoms with Crippen LogP contribution in [-0.4, -0.2) is 41.1 Å². The third-order valence-electron chi connectivity index (χ3n) is 6.78. The molecule has 184 valence electrons. The van der Waals surface area contributed by atoms with Gasteiger partial charge in [-0.25, -0.2) is 0 Å². The van der Waals surface area contributed by atoms with Gasteiger partial charge in [0, 0.05) is 36.4 Å².